The van der Waals surface area contributed by atoms with E-state index in [0.717, 1.165) is 53.7 Å². The lowest BCUT2D eigenvalue weighted by molar-refractivity contribution is 0.131. The summed E-state index contributed by atoms with van der Waals surface area (Å²) in [5.41, 5.74) is 4.30. The summed E-state index contributed by atoms with van der Waals surface area (Å²) in [6.45, 7) is 2.09. The lowest BCUT2D eigenvalue weighted by Gasteiger charge is -2.37. The van der Waals surface area contributed by atoms with E-state index in [1.807, 2.05) is 12.3 Å². The van der Waals surface area contributed by atoms with Gasteiger partial charge in [0.05, 0.1) is 22.6 Å². The normalized spacial score (nSPS) is 19.5. The molecule has 5 heteroatoms. The maximum atomic E-state index is 13.9. The minimum absolute atomic E-state index is 0.187. The molecular weight excluding hydrogens is 375 g/mol. The molecule has 1 unspecified atom stereocenters. The number of likely N-dealkylation sites (tertiary alicyclic amines) is 1. The molecule has 0 amide bonds. The minimum atomic E-state index is -0.187. The van der Waals surface area contributed by atoms with Gasteiger partial charge in [-0.15, -0.1) is 0 Å². The average Bonchev–Trinajstić information content (AvgIpc) is 3.51. The van der Waals surface area contributed by atoms with E-state index in [-0.39, 0.29) is 5.82 Å². The summed E-state index contributed by atoms with van der Waals surface area (Å²) in [5, 5.41) is 0.965. The summed E-state index contributed by atoms with van der Waals surface area (Å²) >= 11 is 0. The van der Waals surface area contributed by atoms with Crippen LogP contribution in [0, 0.1) is 11.7 Å². The van der Waals surface area contributed by atoms with Crippen LogP contribution in [0.25, 0.3) is 21.9 Å². The molecular formula is C25H25FN4. The van der Waals surface area contributed by atoms with Gasteiger partial charge in [0.1, 0.15) is 11.6 Å². The maximum Gasteiger partial charge on any atom is 0.124 e. The molecule has 1 aliphatic heterocycles. The van der Waals surface area contributed by atoms with E-state index < -0.39 is 0 Å². The zero-order valence-electron chi connectivity index (χ0n) is 16.9. The number of hydrogen-bond acceptors (Lipinski definition) is 3. The number of hydrogen-bond donors (Lipinski definition) is 1. The lowest BCUT2D eigenvalue weighted by atomic mass is 9.86. The molecule has 152 valence electrons. The van der Waals surface area contributed by atoms with E-state index in [9.17, 15) is 4.39 Å². The molecule has 3 heterocycles. The molecule has 0 bridgehead atoms. The van der Waals surface area contributed by atoms with E-state index in [0.29, 0.717) is 17.9 Å². The summed E-state index contributed by atoms with van der Waals surface area (Å²) in [7, 11) is 0. The number of nitrogens with zero attached hydrogens (tertiary/aromatic N) is 3. The van der Waals surface area contributed by atoms with Crippen molar-refractivity contribution in [2.75, 3.05) is 13.1 Å². The molecule has 2 aromatic carbocycles. The van der Waals surface area contributed by atoms with Crippen molar-refractivity contribution < 1.29 is 4.39 Å². The van der Waals surface area contributed by atoms with Crippen LogP contribution in [-0.2, 0) is 0 Å². The predicted octanol–water partition coefficient (Wildman–Crippen LogP) is 5.58. The number of piperidine rings is 1. The third kappa shape index (κ3) is 3.18. The molecule has 1 N–H and O–H groups in total. The Balaban J connectivity index is 1.25. The first-order valence-electron chi connectivity index (χ1n) is 11.0. The fourth-order valence-corrected chi connectivity index (χ4v) is 5.20. The number of aromatic nitrogens is 3. The number of fused-ring (bicyclic) bond motifs is 2. The summed E-state index contributed by atoms with van der Waals surface area (Å²) in [6.07, 6.45) is 6.60. The standard InChI is InChI=1S/C25H25FN4/c26-18-7-8-21-20(15-18)19(9-12-27-21)16-10-13-30(14-11-16)24(17-5-6-17)25-28-22-3-1-2-4-23(22)29-25/h1-4,7-9,12,15-17,24H,5-6,10-11,13-14H2,(H,28,29). The van der Waals surface area contributed by atoms with Crippen LogP contribution in [0.4, 0.5) is 4.39 Å². The van der Waals surface area contributed by atoms with Crippen LogP contribution in [0.3, 0.4) is 0 Å². The molecule has 0 radical (unpaired) electrons. The Morgan fingerprint density at radius 1 is 0.967 bits per heavy atom. The molecule has 4 aromatic rings. The van der Waals surface area contributed by atoms with Crippen molar-refractivity contribution in [3.05, 3.63) is 71.9 Å². The molecule has 1 saturated heterocycles. The highest BCUT2D eigenvalue weighted by atomic mass is 19.1. The quantitative estimate of drug-likeness (QED) is 0.486. The summed E-state index contributed by atoms with van der Waals surface area (Å²) in [5.74, 6) is 2.09. The smallest absolute Gasteiger partial charge is 0.124 e. The van der Waals surface area contributed by atoms with Crippen LogP contribution in [0.1, 0.15) is 49.0 Å². The van der Waals surface area contributed by atoms with E-state index >= 15 is 0 Å². The zero-order valence-corrected chi connectivity index (χ0v) is 16.9. The fraction of sp³-hybridized carbons (Fsp3) is 0.360. The molecule has 6 rings (SSSR count). The molecule has 0 spiro atoms. The Hall–Kier alpha value is -2.79. The van der Waals surface area contributed by atoms with Crippen LogP contribution >= 0.6 is 0 Å². The molecule has 2 fully saturated rings. The Labute approximate surface area is 175 Å². The number of H-pyrrole nitrogens is 1. The second-order valence-electron chi connectivity index (χ2n) is 8.79. The largest absolute Gasteiger partial charge is 0.341 e. The predicted molar refractivity (Wildman–Crippen MR) is 117 cm³/mol. The van der Waals surface area contributed by atoms with E-state index in [2.05, 4.69) is 39.1 Å². The highest BCUT2D eigenvalue weighted by molar-refractivity contribution is 5.82. The molecule has 1 saturated carbocycles. The van der Waals surface area contributed by atoms with Gasteiger partial charge >= 0.3 is 0 Å². The number of rotatable bonds is 4. The van der Waals surface area contributed by atoms with Gasteiger partial charge in [-0.3, -0.25) is 9.88 Å². The van der Waals surface area contributed by atoms with Gasteiger partial charge in [-0.2, -0.15) is 0 Å². The van der Waals surface area contributed by atoms with Crippen LogP contribution in [0.5, 0.6) is 0 Å². The van der Waals surface area contributed by atoms with Crippen molar-refractivity contribution in [2.24, 2.45) is 5.92 Å². The first kappa shape index (κ1) is 18.0. The second-order valence-corrected chi connectivity index (χ2v) is 8.79. The van der Waals surface area contributed by atoms with Crippen LogP contribution in [0.2, 0.25) is 0 Å². The maximum absolute atomic E-state index is 13.9. The molecule has 4 nitrogen and oxygen atoms in total. The summed E-state index contributed by atoms with van der Waals surface area (Å²) in [4.78, 5) is 15.6. The molecule has 30 heavy (non-hydrogen) atoms. The van der Waals surface area contributed by atoms with Gasteiger partial charge in [-0.1, -0.05) is 12.1 Å². The van der Waals surface area contributed by atoms with E-state index in [1.165, 1.54) is 24.5 Å². The first-order chi connectivity index (χ1) is 14.8. The Bertz CT molecular complexity index is 1170. The van der Waals surface area contributed by atoms with Crippen molar-refractivity contribution in [3.63, 3.8) is 0 Å². The number of imidazole rings is 1. The SMILES string of the molecule is Fc1ccc2nccc(C3CCN(C(c4nc5ccccc5[nH]4)C4CC4)CC3)c2c1. The molecule has 2 aliphatic rings. The van der Waals surface area contributed by atoms with Gasteiger partial charge in [-0.25, -0.2) is 9.37 Å². The number of benzene rings is 2. The van der Waals surface area contributed by atoms with Crippen LogP contribution in [-0.4, -0.2) is 32.9 Å². The average molecular weight is 401 g/mol. The second kappa shape index (κ2) is 7.17. The highest BCUT2D eigenvalue weighted by Gasteiger charge is 2.39. The van der Waals surface area contributed by atoms with Crippen molar-refractivity contribution in [1.29, 1.82) is 0 Å². The summed E-state index contributed by atoms with van der Waals surface area (Å²) < 4.78 is 13.9. The van der Waals surface area contributed by atoms with Crippen molar-refractivity contribution in [1.82, 2.24) is 19.9 Å². The van der Waals surface area contributed by atoms with E-state index in [1.54, 1.807) is 12.1 Å². The van der Waals surface area contributed by atoms with Crippen LogP contribution < -0.4 is 0 Å². The molecule has 2 aromatic heterocycles. The van der Waals surface area contributed by atoms with Gasteiger partial charge in [0, 0.05) is 11.6 Å². The van der Waals surface area contributed by atoms with Gasteiger partial charge < -0.3 is 4.98 Å². The monoisotopic (exact) mass is 400 g/mol. The topological polar surface area (TPSA) is 44.8 Å². The first-order valence-corrected chi connectivity index (χ1v) is 11.0. The van der Waals surface area contributed by atoms with Crippen molar-refractivity contribution in [2.45, 2.75) is 37.6 Å². The van der Waals surface area contributed by atoms with Gasteiger partial charge in [0.25, 0.3) is 0 Å². The zero-order chi connectivity index (χ0) is 20.1. The van der Waals surface area contributed by atoms with Gasteiger partial charge in [0.2, 0.25) is 0 Å². The number of nitrogens with one attached hydrogen (secondary N) is 1. The summed E-state index contributed by atoms with van der Waals surface area (Å²) in [6, 6.07) is 15.7. The van der Waals surface area contributed by atoms with Gasteiger partial charge in [0.15, 0.2) is 0 Å². The van der Waals surface area contributed by atoms with Crippen molar-refractivity contribution in [3.8, 4) is 0 Å². The van der Waals surface area contributed by atoms with Crippen molar-refractivity contribution >= 4 is 21.9 Å². The highest BCUT2D eigenvalue weighted by Crippen LogP contribution is 2.46. The minimum Gasteiger partial charge on any atom is -0.341 e. The Kier molecular flexibility index (Phi) is 4.30. The molecule has 1 aliphatic carbocycles. The Morgan fingerprint density at radius 2 is 1.80 bits per heavy atom. The number of halogens is 1. The van der Waals surface area contributed by atoms with Crippen LogP contribution in [0.15, 0.2) is 54.7 Å². The Morgan fingerprint density at radius 3 is 2.60 bits per heavy atom. The number of pyridine rings is 1. The third-order valence-corrected chi connectivity index (χ3v) is 6.86. The molecule has 1 atom stereocenters. The number of para-hydroxylation sites is 2. The van der Waals surface area contributed by atoms with E-state index in [4.69, 9.17) is 4.98 Å². The third-order valence-electron chi connectivity index (χ3n) is 6.86. The lowest BCUT2D eigenvalue weighted by Crippen LogP contribution is -2.37. The fourth-order valence-electron chi connectivity index (χ4n) is 5.20. The number of aromatic amines is 1. The van der Waals surface area contributed by atoms with Gasteiger partial charge in [-0.05, 0) is 92.6 Å².